The van der Waals surface area contributed by atoms with Gasteiger partial charge in [0.1, 0.15) is 28.7 Å². The Balaban J connectivity index is 1.65. The van der Waals surface area contributed by atoms with Crippen molar-refractivity contribution in [2.75, 3.05) is 11.9 Å². The minimum atomic E-state index is -0.0264. The molecular formula is C20H20N4O2S. The zero-order valence-electron chi connectivity index (χ0n) is 15.1. The van der Waals surface area contributed by atoms with Crippen LogP contribution in [0.25, 0.3) is 22.2 Å². The first-order valence-electron chi connectivity index (χ1n) is 8.74. The summed E-state index contributed by atoms with van der Waals surface area (Å²) in [5.41, 5.74) is 2.83. The van der Waals surface area contributed by atoms with Gasteiger partial charge in [-0.3, -0.25) is 0 Å². The van der Waals surface area contributed by atoms with Crippen LogP contribution >= 0.6 is 11.3 Å². The van der Waals surface area contributed by atoms with E-state index in [0.29, 0.717) is 6.54 Å². The van der Waals surface area contributed by atoms with Crippen LogP contribution in [0.4, 0.5) is 5.82 Å². The molecule has 0 aliphatic heterocycles. The summed E-state index contributed by atoms with van der Waals surface area (Å²) in [7, 11) is 0. The molecule has 0 radical (unpaired) electrons. The molecule has 3 heterocycles. The van der Waals surface area contributed by atoms with Crippen LogP contribution in [0.15, 0.2) is 46.5 Å². The monoisotopic (exact) mass is 380 g/mol. The Bertz CT molecular complexity index is 1070. The lowest BCUT2D eigenvalue weighted by Gasteiger charge is -2.08. The van der Waals surface area contributed by atoms with E-state index in [2.05, 4.69) is 20.3 Å². The van der Waals surface area contributed by atoms with E-state index in [1.54, 1.807) is 17.7 Å². The molecule has 0 aliphatic carbocycles. The van der Waals surface area contributed by atoms with Gasteiger partial charge in [0.15, 0.2) is 0 Å². The van der Waals surface area contributed by atoms with Gasteiger partial charge in [-0.15, -0.1) is 11.3 Å². The van der Waals surface area contributed by atoms with Crippen molar-refractivity contribution >= 4 is 28.1 Å². The minimum Gasteiger partial charge on any atom is -0.461 e. The first-order chi connectivity index (χ1) is 13.1. The summed E-state index contributed by atoms with van der Waals surface area (Å²) >= 11 is 1.63. The Morgan fingerprint density at radius 1 is 1.22 bits per heavy atom. The van der Waals surface area contributed by atoms with Gasteiger partial charge in [0, 0.05) is 27.9 Å². The number of aromatic nitrogens is 3. The van der Waals surface area contributed by atoms with Crippen LogP contribution in [0.1, 0.15) is 29.3 Å². The van der Waals surface area contributed by atoms with Crippen molar-refractivity contribution in [1.29, 1.82) is 0 Å². The lowest BCUT2D eigenvalue weighted by molar-refractivity contribution is 0.258. The van der Waals surface area contributed by atoms with E-state index < -0.39 is 0 Å². The van der Waals surface area contributed by atoms with Crippen LogP contribution in [0.2, 0.25) is 0 Å². The van der Waals surface area contributed by atoms with Gasteiger partial charge in [0.2, 0.25) is 0 Å². The Kier molecular flexibility index (Phi) is 4.87. The second kappa shape index (κ2) is 7.46. The van der Waals surface area contributed by atoms with Gasteiger partial charge in [0.05, 0.1) is 18.7 Å². The van der Waals surface area contributed by atoms with E-state index in [1.165, 1.54) is 0 Å². The number of hydrogen-bond donors (Lipinski definition) is 2. The maximum atomic E-state index is 9.31. The molecule has 7 heteroatoms. The first kappa shape index (κ1) is 17.6. The smallest absolute Gasteiger partial charge is 0.137 e. The number of aliphatic hydroxyl groups excluding tert-OH is 1. The third kappa shape index (κ3) is 3.70. The molecule has 2 N–H and O–H groups in total. The molecule has 0 amide bonds. The highest BCUT2D eigenvalue weighted by molar-refractivity contribution is 7.09. The van der Waals surface area contributed by atoms with Gasteiger partial charge in [-0.25, -0.2) is 15.0 Å². The van der Waals surface area contributed by atoms with Crippen molar-refractivity contribution < 1.29 is 9.52 Å². The van der Waals surface area contributed by atoms with Crippen LogP contribution in [0.5, 0.6) is 0 Å². The average molecular weight is 380 g/mol. The van der Waals surface area contributed by atoms with Gasteiger partial charge in [0.25, 0.3) is 0 Å². The second-order valence-corrected chi connectivity index (χ2v) is 7.42. The maximum absolute atomic E-state index is 9.31. The molecule has 1 unspecified atom stereocenters. The third-order valence-corrected chi connectivity index (χ3v) is 5.35. The van der Waals surface area contributed by atoms with Crippen LogP contribution in [-0.4, -0.2) is 26.7 Å². The number of anilines is 1. The highest BCUT2D eigenvalue weighted by Gasteiger charge is 2.12. The fourth-order valence-corrected chi connectivity index (χ4v) is 3.57. The second-order valence-electron chi connectivity index (χ2n) is 6.48. The summed E-state index contributed by atoms with van der Waals surface area (Å²) in [4.78, 5) is 13.2. The summed E-state index contributed by atoms with van der Waals surface area (Å²) in [6.45, 7) is 4.59. The maximum Gasteiger partial charge on any atom is 0.137 e. The Hall–Kier alpha value is -2.77. The van der Waals surface area contributed by atoms with Crippen LogP contribution < -0.4 is 5.32 Å². The SMILES string of the molecule is Cc1csc(CNc2ncnc3ccc(-c4ccc(C(C)CO)o4)cc23)n1. The molecule has 0 saturated carbocycles. The van der Waals surface area contributed by atoms with Crippen molar-refractivity contribution in [1.82, 2.24) is 15.0 Å². The molecule has 3 aromatic heterocycles. The van der Waals surface area contributed by atoms with Crippen molar-refractivity contribution in [2.45, 2.75) is 26.3 Å². The van der Waals surface area contributed by atoms with Gasteiger partial charge in [-0.2, -0.15) is 0 Å². The Morgan fingerprint density at radius 2 is 2.11 bits per heavy atom. The summed E-state index contributed by atoms with van der Waals surface area (Å²) < 4.78 is 5.91. The predicted molar refractivity (Wildman–Crippen MR) is 107 cm³/mol. The number of nitrogens with zero attached hydrogens (tertiary/aromatic N) is 3. The number of furan rings is 1. The van der Waals surface area contributed by atoms with E-state index in [1.807, 2.05) is 49.6 Å². The van der Waals surface area contributed by atoms with E-state index in [-0.39, 0.29) is 12.5 Å². The quantitative estimate of drug-likeness (QED) is 0.517. The molecule has 1 atom stereocenters. The zero-order valence-corrected chi connectivity index (χ0v) is 16.0. The Morgan fingerprint density at radius 3 is 2.89 bits per heavy atom. The number of aliphatic hydroxyl groups is 1. The van der Waals surface area contributed by atoms with Crippen molar-refractivity contribution in [3.63, 3.8) is 0 Å². The molecule has 6 nitrogen and oxygen atoms in total. The van der Waals surface area contributed by atoms with Crippen molar-refractivity contribution in [3.05, 3.63) is 58.5 Å². The molecule has 4 rings (SSSR count). The molecule has 0 spiro atoms. The van der Waals surface area contributed by atoms with Crippen molar-refractivity contribution in [2.24, 2.45) is 0 Å². The Labute approximate surface area is 160 Å². The fourth-order valence-electron chi connectivity index (χ4n) is 2.86. The number of aryl methyl sites for hydroxylation is 1. The van der Waals surface area contributed by atoms with E-state index in [4.69, 9.17) is 4.42 Å². The van der Waals surface area contributed by atoms with Crippen molar-refractivity contribution in [3.8, 4) is 11.3 Å². The number of hydrogen-bond acceptors (Lipinski definition) is 7. The third-order valence-electron chi connectivity index (χ3n) is 4.38. The van der Waals surface area contributed by atoms with Gasteiger partial charge in [-0.05, 0) is 37.3 Å². The summed E-state index contributed by atoms with van der Waals surface area (Å²) in [5, 5.41) is 16.7. The number of nitrogens with one attached hydrogen (secondary N) is 1. The van der Waals surface area contributed by atoms with Crippen LogP contribution in [0.3, 0.4) is 0 Å². The van der Waals surface area contributed by atoms with Gasteiger partial charge >= 0.3 is 0 Å². The molecule has 27 heavy (non-hydrogen) atoms. The van der Waals surface area contributed by atoms with E-state index in [0.717, 1.165) is 44.5 Å². The lowest BCUT2D eigenvalue weighted by atomic mass is 10.1. The summed E-state index contributed by atoms with van der Waals surface area (Å²) in [6.07, 6.45) is 1.56. The molecule has 0 bridgehead atoms. The largest absolute Gasteiger partial charge is 0.461 e. The molecule has 0 aliphatic rings. The van der Waals surface area contributed by atoms with Gasteiger partial charge < -0.3 is 14.8 Å². The lowest BCUT2D eigenvalue weighted by Crippen LogP contribution is -2.02. The van der Waals surface area contributed by atoms with Crippen LogP contribution in [0, 0.1) is 6.92 Å². The number of fused-ring (bicyclic) bond motifs is 1. The van der Waals surface area contributed by atoms with Crippen LogP contribution in [-0.2, 0) is 6.54 Å². The standard InChI is InChI=1S/C20H20N4O2S/c1-12(9-25)17-5-6-18(26-17)14-3-4-16-15(7-14)20(23-11-22-16)21-8-19-24-13(2)10-27-19/h3-7,10-12,25H,8-9H2,1-2H3,(H,21,22,23). The van der Waals surface area contributed by atoms with E-state index >= 15 is 0 Å². The predicted octanol–water partition coefficient (Wildman–Crippen LogP) is 4.36. The summed E-state index contributed by atoms with van der Waals surface area (Å²) in [6, 6.07) is 9.80. The molecule has 1 aromatic carbocycles. The number of thiazole rings is 1. The molecular weight excluding hydrogens is 360 g/mol. The first-order valence-corrected chi connectivity index (χ1v) is 9.62. The molecule has 0 saturated heterocycles. The summed E-state index contributed by atoms with van der Waals surface area (Å²) in [5.74, 6) is 2.28. The number of benzene rings is 1. The minimum absolute atomic E-state index is 0.0264. The zero-order chi connectivity index (χ0) is 18.8. The topological polar surface area (TPSA) is 84.1 Å². The highest BCUT2D eigenvalue weighted by atomic mass is 32.1. The number of rotatable bonds is 6. The molecule has 0 fully saturated rings. The molecule has 138 valence electrons. The highest BCUT2D eigenvalue weighted by Crippen LogP contribution is 2.30. The fraction of sp³-hybridized carbons (Fsp3) is 0.250. The average Bonchev–Trinajstić information content (AvgIpc) is 3.34. The van der Waals surface area contributed by atoms with E-state index in [9.17, 15) is 5.11 Å². The van der Waals surface area contributed by atoms with Gasteiger partial charge in [-0.1, -0.05) is 6.92 Å². The normalized spacial score (nSPS) is 12.4. The molecule has 4 aromatic rings.